The first-order chi connectivity index (χ1) is 14.9. The molecule has 0 saturated heterocycles. The summed E-state index contributed by atoms with van der Waals surface area (Å²) in [5.74, 6) is -1.53. The van der Waals surface area contributed by atoms with Gasteiger partial charge in [-0.05, 0) is 31.0 Å². The summed E-state index contributed by atoms with van der Waals surface area (Å²) in [6.07, 6.45) is 4.77. The second kappa shape index (κ2) is 10.2. The molecule has 31 heavy (non-hydrogen) atoms. The van der Waals surface area contributed by atoms with Crippen molar-refractivity contribution in [1.29, 1.82) is 0 Å². The molecule has 1 saturated carbocycles. The van der Waals surface area contributed by atoms with E-state index in [1.807, 2.05) is 0 Å². The average Bonchev–Trinajstić information content (AvgIpc) is 2.78. The minimum absolute atomic E-state index is 0.0166. The fraction of sp³-hybridized carbons (Fsp3) is 0.318. The number of hydrogen-bond acceptors (Lipinski definition) is 6. The molecule has 8 nitrogen and oxygen atoms in total. The number of halogens is 1. The lowest BCUT2D eigenvalue weighted by Gasteiger charge is -2.20. The Labute approximate surface area is 183 Å². The topological polar surface area (TPSA) is 116 Å². The van der Waals surface area contributed by atoms with E-state index < -0.39 is 16.8 Å². The molecular formula is C22H21ClN2O6. The molecule has 0 atom stereocenters. The van der Waals surface area contributed by atoms with Crippen LogP contribution in [0.3, 0.4) is 0 Å². The molecule has 0 spiro atoms. The summed E-state index contributed by atoms with van der Waals surface area (Å²) in [5.41, 5.74) is 0.0402. The molecule has 0 aliphatic heterocycles. The van der Waals surface area contributed by atoms with Crippen LogP contribution >= 0.6 is 11.6 Å². The Balaban J connectivity index is 1.68. The molecule has 0 bridgehead atoms. The van der Waals surface area contributed by atoms with E-state index in [1.165, 1.54) is 18.2 Å². The molecular weight excluding hydrogens is 424 g/mol. The highest BCUT2D eigenvalue weighted by Crippen LogP contribution is 2.26. The van der Waals surface area contributed by atoms with E-state index in [2.05, 4.69) is 5.32 Å². The standard InChI is InChI=1S/C22H21ClN2O6/c23-18-12-15(25(29)30)10-11-16(18)21(27)24-19-9-5-4-8-17(19)22(28)31-13-20(26)14-6-2-1-3-7-14/h4-5,8-12,14H,1-3,6-7,13H2,(H,24,27). The smallest absolute Gasteiger partial charge is 0.340 e. The normalized spacial score (nSPS) is 14.0. The number of amides is 1. The van der Waals surface area contributed by atoms with Crippen LogP contribution in [0.5, 0.6) is 0 Å². The van der Waals surface area contributed by atoms with Gasteiger partial charge in [0.15, 0.2) is 12.4 Å². The van der Waals surface area contributed by atoms with E-state index >= 15 is 0 Å². The second-order valence-corrected chi connectivity index (χ2v) is 7.71. The number of nitro groups is 1. The summed E-state index contributed by atoms with van der Waals surface area (Å²) in [7, 11) is 0. The Bertz CT molecular complexity index is 1020. The van der Waals surface area contributed by atoms with Crippen molar-refractivity contribution in [3.8, 4) is 0 Å². The first-order valence-corrected chi connectivity index (χ1v) is 10.3. The zero-order valence-electron chi connectivity index (χ0n) is 16.6. The predicted molar refractivity (Wildman–Crippen MR) is 114 cm³/mol. The van der Waals surface area contributed by atoms with E-state index in [9.17, 15) is 24.5 Å². The number of carbonyl (C=O) groups excluding carboxylic acids is 3. The summed E-state index contributed by atoms with van der Waals surface area (Å²) < 4.78 is 5.20. The van der Waals surface area contributed by atoms with Gasteiger partial charge in [-0.1, -0.05) is 43.0 Å². The molecule has 2 aromatic rings. The minimum atomic E-state index is -0.727. The number of nitrogens with zero attached hydrogens (tertiary/aromatic N) is 1. The molecule has 0 heterocycles. The Morgan fingerprint density at radius 2 is 1.77 bits per heavy atom. The Hall–Kier alpha value is -3.26. The lowest BCUT2D eigenvalue weighted by atomic mass is 9.86. The summed E-state index contributed by atoms with van der Waals surface area (Å²) in [6, 6.07) is 9.69. The zero-order valence-corrected chi connectivity index (χ0v) is 17.4. The Kier molecular flexibility index (Phi) is 7.36. The number of nitro benzene ring substituents is 1. The third-order valence-corrected chi connectivity index (χ3v) is 5.52. The van der Waals surface area contributed by atoms with Gasteiger partial charge in [-0.15, -0.1) is 0 Å². The number of rotatable bonds is 7. The minimum Gasteiger partial charge on any atom is -0.454 e. The third kappa shape index (κ3) is 5.67. The van der Waals surface area contributed by atoms with Crippen molar-refractivity contribution in [2.75, 3.05) is 11.9 Å². The number of hydrogen-bond donors (Lipinski definition) is 1. The number of Topliss-reactive ketones (excluding diaryl/α,β-unsaturated/α-hetero) is 1. The summed E-state index contributed by atoms with van der Waals surface area (Å²) >= 11 is 6.00. The van der Waals surface area contributed by atoms with Crippen LogP contribution in [-0.2, 0) is 9.53 Å². The van der Waals surface area contributed by atoms with Crippen molar-refractivity contribution in [2.24, 2.45) is 5.92 Å². The van der Waals surface area contributed by atoms with Gasteiger partial charge >= 0.3 is 5.97 Å². The van der Waals surface area contributed by atoms with Gasteiger partial charge in [-0.2, -0.15) is 0 Å². The number of para-hydroxylation sites is 1. The number of benzene rings is 2. The van der Waals surface area contributed by atoms with Crippen LogP contribution in [0.15, 0.2) is 42.5 Å². The molecule has 162 valence electrons. The number of ether oxygens (including phenoxy) is 1. The number of nitrogens with one attached hydrogen (secondary N) is 1. The van der Waals surface area contributed by atoms with E-state index in [1.54, 1.807) is 12.1 Å². The monoisotopic (exact) mass is 444 g/mol. The fourth-order valence-corrected chi connectivity index (χ4v) is 3.78. The van der Waals surface area contributed by atoms with Crippen molar-refractivity contribution in [3.05, 3.63) is 68.7 Å². The summed E-state index contributed by atoms with van der Waals surface area (Å²) in [6.45, 7) is -0.306. The number of ketones is 1. The maximum absolute atomic E-state index is 12.6. The van der Waals surface area contributed by atoms with Crippen LogP contribution in [0.4, 0.5) is 11.4 Å². The van der Waals surface area contributed by atoms with Gasteiger partial charge in [-0.3, -0.25) is 19.7 Å². The lowest BCUT2D eigenvalue weighted by Crippen LogP contribution is -2.24. The van der Waals surface area contributed by atoms with E-state index in [0.29, 0.717) is 0 Å². The van der Waals surface area contributed by atoms with Gasteiger partial charge in [0.2, 0.25) is 0 Å². The van der Waals surface area contributed by atoms with Crippen LogP contribution in [-0.4, -0.2) is 29.2 Å². The molecule has 0 unspecified atom stereocenters. The number of non-ortho nitro benzene ring substituents is 1. The quantitative estimate of drug-likeness (QED) is 0.372. The molecule has 2 aromatic carbocycles. The van der Waals surface area contributed by atoms with Crippen molar-refractivity contribution in [2.45, 2.75) is 32.1 Å². The molecule has 0 aromatic heterocycles. The fourth-order valence-electron chi connectivity index (χ4n) is 3.52. The van der Waals surface area contributed by atoms with Crippen molar-refractivity contribution >= 4 is 40.6 Å². The molecule has 1 fully saturated rings. The largest absolute Gasteiger partial charge is 0.454 e. The molecule has 1 aliphatic carbocycles. The lowest BCUT2D eigenvalue weighted by molar-refractivity contribution is -0.384. The first-order valence-electron chi connectivity index (χ1n) is 9.91. The Morgan fingerprint density at radius 3 is 2.45 bits per heavy atom. The predicted octanol–water partition coefficient (Wildman–Crippen LogP) is 4.81. The van der Waals surface area contributed by atoms with Gasteiger partial charge in [0.25, 0.3) is 11.6 Å². The SMILES string of the molecule is O=C(Nc1ccccc1C(=O)OCC(=O)C1CCCCC1)c1ccc([N+](=O)[O-])cc1Cl. The highest BCUT2D eigenvalue weighted by molar-refractivity contribution is 6.34. The van der Waals surface area contributed by atoms with Crippen LogP contribution in [0.2, 0.25) is 5.02 Å². The van der Waals surface area contributed by atoms with E-state index in [0.717, 1.165) is 44.2 Å². The van der Waals surface area contributed by atoms with Crippen molar-refractivity contribution in [3.63, 3.8) is 0 Å². The average molecular weight is 445 g/mol. The third-order valence-electron chi connectivity index (χ3n) is 5.21. The molecule has 9 heteroatoms. The summed E-state index contributed by atoms with van der Waals surface area (Å²) in [5, 5.41) is 13.3. The van der Waals surface area contributed by atoms with Crippen LogP contribution < -0.4 is 5.32 Å². The van der Waals surface area contributed by atoms with Crippen LogP contribution in [0.25, 0.3) is 0 Å². The Morgan fingerprint density at radius 1 is 1.06 bits per heavy atom. The molecule has 1 aliphatic rings. The molecule has 0 radical (unpaired) electrons. The number of carbonyl (C=O) groups is 3. The maximum Gasteiger partial charge on any atom is 0.340 e. The van der Waals surface area contributed by atoms with Crippen LogP contribution in [0, 0.1) is 16.0 Å². The molecule has 1 N–H and O–H groups in total. The zero-order chi connectivity index (χ0) is 22.4. The highest BCUT2D eigenvalue weighted by Gasteiger charge is 2.23. The summed E-state index contributed by atoms with van der Waals surface area (Å²) in [4.78, 5) is 47.6. The maximum atomic E-state index is 12.6. The van der Waals surface area contributed by atoms with Gasteiger partial charge in [0.1, 0.15) is 0 Å². The van der Waals surface area contributed by atoms with E-state index in [-0.39, 0.29) is 45.8 Å². The van der Waals surface area contributed by atoms with E-state index in [4.69, 9.17) is 16.3 Å². The van der Waals surface area contributed by atoms with Crippen LogP contribution in [0.1, 0.15) is 52.8 Å². The number of esters is 1. The van der Waals surface area contributed by atoms with Gasteiger partial charge in [0, 0.05) is 18.1 Å². The molecule has 1 amide bonds. The van der Waals surface area contributed by atoms with Gasteiger partial charge in [-0.25, -0.2) is 4.79 Å². The highest BCUT2D eigenvalue weighted by atomic mass is 35.5. The van der Waals surface area contributed by atoms with Gasteiger partial charge in [0.05, 0.1) is 26.8 Å². The van der Waals surface area contributed by atoms with Crippen molar-refractivity contribution in [1.82, 2.24) is 0 Å². The second-order valence-electron chi connectivity index (χ2n) is 7.30. The van der Waals surface area contributed by atoms with Crippen molar-refractivity contribution < 1.29 is 24.0 Å². The molecule has 3 rings (SSSR count). The number of anilines is 1. The first kappa shape index (κ1) is 22.4. The van der Waals surface area contributed by atoms with Gasteiger partial charge < -0.3 is 10.1 Å².